The van der Waals surface area contributed by atoms with E-state index in [2.05, 4.69) is 30.7 Å². The molecule has 0 aromatic heterocycles. The summed E-state index contributed by atoms with van der Waals surface area (Å²) in [5, 5.41) is 0. The molecule has 2 aliphatic heterocycles. The first kappa shape index (κ1) is 10.4. The summed E-state index contributed by atoms with van der Waals surface area (Å²) >= 11 is 0. The van der Waals surface area contributed by atoms with Crippen LogP contribution in [0.4, 0.5) is 0 Å². The number of hydrogen-bond donors (Lipinski definition) is 0. The zero-order valence-corrected chi connectivity index (χ0v) is 9.57. The van der Waals surface area contributed by atoms with Gasteiger partial charge in [0.1, 0.15) is 0 Å². The molecule has 2 heterocycles. The van der Waals surface area contributed by atoms with Crippen LogP contribution in [0.2, 0.25) is 0 Å². The van der Waals surface area contributed by atoms with Gasteiger partial charge in [-0.15, -0.1) is 0 Å². The van der Waals surface area contributed by atoms with Crippen molar-refractivity contribution < 1.29 is 4.74 Å². The maximum Gasteiger partial charge on any atom is 0.0895 e. The molecule has 0 amide bonds. The van der Waals surface area contributed by atoms with E-state index in [0.717, 1.165) is 13.2 Å². The molecule has 2 saturated heterocycles. The second-order valence-corrected chi connectivity index (χ2v) is 4.62. The van der Waals surface area contributed by atoms with E-state index in [1.165, 1.54) is 19.5 Å². The molecule has 2 rings (SSSR count). The quantitative estimate of drug-likeness (QED) is 0.653. The topological polar surface area (TPSA) is 15.7 Å². The van der Waals surface area contributed by atoms with Gasteiger partial charge in [-0.3, -0.25) is 9.80 Å². The molecule has 2 aliphatic rings. The Morgan fingerprint density at radius 1 is 1.43 bits per heavy atom. The second-order valence-electron chi connectivity index (χ2n) is 4.62. The molecule has 2 fully saturated rings. The largest absolute Gasteiger partial charge is 0.374 e. The van der Waals surface area contributed by atoms with Gasteiger partial charge >= 0.3 is 0 Å². The van der Waals surface area contributed by atoms with E-state index in [1.807, 2.05) is 0 Å². The molecule has 0 saturated carbocycles. The molecular weight excluding hydrogens is 176 g/mol. The number of likely N-dealkylation sites (tertiary alicyclic amines) is 1. The van der Waals surface area contributed by atoms with Crippen LogP contribution in [0.5, 0.6) is 0 Å². The number of nitrogens with zero attached hydrogens (tertiary/aromatic N) is 2. The van der Waals surface area contributed by atoms with E-state index in [-0.39, 0.29) is 0 Å². The van der Waals surface area contributed by atoms with E-state index in [9.17, 15) is 0 Å². The fourth-order valence-corrected chi connectivity index (χ4v) is 2.76. The van der Waals surface area contributed by atoms with Gasteiger partial charge in [-0.1, -0.05) is 6.92 Å². The Labute approximate surface area is 87.0 Å². The lowest BCUT2D eigenvalue weighted by atomic mass is 10.1. The Bertz CT molecular complexity index is 198. The minimum absolute atomic E-state index is 0.445. The van der Waals surface area contributed by atoms with Crippen molar-refractivity contribution in [2.24, 2.45) is 0 Å². The molecule has 0 aromatic carbocycles. The standard InChI is InChI=1S/C11H22N2O/c1-4-5-13-8-10-11(9(13)2)14-7-6-12(10)3/h9-11H,4-8H2,1-3H3/t9-,10?,11?/m1/s1. The van der Waals surface area contributed by atoms with Crippen LogP contribution >= 0.6 is 0 Å². The molecule has 2 unspecified atom stereocenters. The lowest BCUT2D eigenvalue weighted by Crippen LogP contribution is -2.49. The molecule has 0 radical (unpaired) electrons. The number of morpholine rings is 1. The molecule has 3 nitrogen and oxygen atoms in total. The number of hydrogen-bond acceptors (Lipinski definition) is 3. The van der Waals surface area contributed by atoms with Crippen molar-refractivity contribution in [3.05, 3.63) is 0 Å². The van der Waals surface area contributed by atoms with Gasteiger partial charge in [0.15, 0.2) is 0 Å². The SMILES string of the molecule is CCCN1CC2C(OCCN2C)[C@H]1C. The van der Waals surface area contributed by atoms with E-state index >= 15 is 0 Å². The van der Waals surface area contributed by atoms with Crippen LogP contribution in [-0.2, 0) is 4.74 Å². The third-order valence-electron chi connectivity index (χ3n) is 3.68. The zero-order chi connectivity index (χ0) is 10.1. The van der Waals surface area contributed by atoms with Gasteiger partial charge in [0.25, 0.3) is 0 Å². The molecule has 82 valence electrons. The van der Waals surface area contributed by atoms with E-state index < -0.39 is 0 Å². The molecule has 0 bridgehead atoms. The van der Waals surface area contributed by atoms with Crippen molar-refractivity contribution in [1.29, 1.82) is 0 Å². The van der Waals surface area contributed by atoms with Gasteiger partial charge in [-0.05, 0) is 26.9 Å². The van der Waals surface area contributed by atoms with Gasteiger partial charge in [0, 0.05) is 25.2 Å². The fourth-order valence-electron chi connectivity index (χ4n) is 2.76. The number of rotatable bonds is 2. The van der Waals surface area contributed by atoms with Crippen molar-refractivity contribution in [1.82, 2.24) is 9.80 Å². The molecular formula is C11H22N2O. The van der Waals surface area contributed by atoms with E-state index in [1.54, 1.807) is 0 Å². The van der Waals surface area contributed by atoms with Crippen LogP contribution in [0.15, 0.2) is 0 Å². The lowest BCUT2D eigenvalue weighted by Gasteiger charge is -2.35. The van der Waals surface area contributed by atoms with Crippen molar-refractivity contribution in [2.45, 2.75) is 38.5 Å². The average molecular weight is 198 g/mol. The van der Waals surface area contributed by atoms with Crippen LogP contribution in [0, 0.1) is 0 Å². The predicted molar refractivity (Wildman–Crippen MR) is 57.5 cm³/mol. The van der Waals surface area contributed by atoms with E-state index in [4.69, 9.17) is 4.74 Å². The Morgan fingerprint density at radius 3 is 2.86 bits per heavy atom. The second kappa shape index (κ2) is 4.17. The fraction of sp³-hybridized carbons (Fsp3) is 1.00. The monoisotopic (exact) mass is 198 g/mol. The highest BCUT2D eigenvalue weighted by Crippen LogP contribution is 2.27. The maximum atomic E-state index is 5.88. The van der Waals surface area contributed by atoms with Gasteiger partial charge in [0.05, 0.1) is 12.7 Å². The summed E-state index contributed by atoms with van der Waals surface area (Å²) in [6.45, 7) is 8.95. The summed E-state index contributed by atoms with van der Waals surface area (Å²) in [5.41, 5.74) is 0. The van der Waals surface area contributed by atoms with E-state index in [0.29, 0.717) is 18.2 Å². The first-order valence-corrected chi connectivity index (χ1v) is 5.80. The molecule has 3 atom stereocenters. The normalized spacial score (nSPS) is 40.1. The third kappa shape index (κ3) is 1.69. The van der Waals surface area contributed by atoms with Crippen molar-refractivity contribution in [3.63, 3.8) is 0 Å². The van der Waals surface area contributed by atoms with Crippen LogP contribution < -0.4 is 0 Å². The number of likely N-dealkylation sites (N-methyl/N-ethyl adjacent to an activating group) is 1. The van der Waals surface area contributed by atoms with Crippen molar-refractivity contribution >= 4 is 0 Å². The molecule has 0 aliphatic carbocycles. The van der Waals surface area contributed by atoms with Crippen LogP contribution in [-0.4, -0.2) is 61.3 Å². The van der Waals surface area contributed by atoms with Crippen molar-refractivity contribution in [3.8, 4) is 0 Å². The highest BCUT2D eigenvalue weighted by Gasteiger charge is 2.43. The Kier molecular flexibility index (Phi) is 3.10. The Balaban J connectivity index is 2.02. The first-order chi connectivity index (χ1) is 6.74. The van der Waals surface area contributed by atoms with Gasteiger partial charge in [0.2, 0.25) is 0 Å². The third-order valence-corrected chi connectivity index (χ3v) is 3.68. The Hall–Kier alpha value is -0.120. The van der Waals surface area contributed by atoms with Crippen LogP contribution in [0.25, 0.3) is 0 Å². The minimum atomic E-state index is 0.445. The number of ether oxygens (including phenoxy) is 1. The molecule has 0 aromatic rings. The highest BCUT2D eigenvalue weighted by atomic mass is 16.5. The number of fused-ring (bicyclic) bond motifs is 1. The molecule has 14 heavy (non-hydrogen) atoms. The summed E-state index contributed by atoms with van der Waals surface area (Å²) in [7, 11) is 2.22. The molecule has 3 heteroatoms. The van der Waals surface area contributed by atoms with Gasteiger partial charge in [-0.25, -0.2) is 0 Å². The van der Waals surface area contributed by atoms with Gasteiger partial charge < -0.3 is 4.74 Å². The first-order valence-electron chi connectivity index (χ1n) is 5.80. The van der Waals surface area contributed by atoms with Crippen LogP contribution in [0.1, 0.15) is 20.3 Å². The highest BCUT2D eigenvalue weighted by molar-refractivity contribution is 4.98. The van der Waals surface area contributed by atoms with Crippen molar-refractivity contribution in [2.75, 3.05) is 33.3 Å². The average Bonchev–Trinajstić information content (AvgIpc) is 2.48. The summed E-state index contributed by atoms with van der Waals surface area (Å²) in [6, 6.07) is 1.23. The smallest absolute Gasteiger partial charge is 0.0895 e. The van der Waals surface area contributed by atoms with Gasteiger partial charge in [-0.2, -0.15) is 0 Å². The van der Waals surface area contributed by atoms with Crippen LogP contribution in [0.3, 0.4) is 0 Å². The summed E-state index contributed by atoms with van der Waals surface area (Å²) in [4.78, 5) is 5.03. The summed E-state index contributed by atoms with van der Waals surface area (Å²) in [6.07, 6.45) is 1.69. The zero-order valence-electron chi connectivity index (χ0n) is 9.57. The summed E-state index contributed by atoms with van der Waals surface area (Å²) < 4.78 is 5.88. The Morgan fingerprint density at radius 2 is 2.21 bits per heavy atom. The lowest BCUT2D eigenvalue weighted by molar-refractivity contribution is -0.0508. The minimum Gasteiger partial charge on any atom is -0.374 e. The molecule has 0 N–H and O–H groups in total. The predicted octanol–water partition coefficient (Wildman–Crippen LogP) is 0.800. The maximum absolute atomic E-state index is 5.88. The molecule has 0 spiro atoms. The summed E-state index contributed by atoms with van der Waals surface area (Å²) in [5.74, 6) is 0.